The van der Waals surface area contributed by atoms with Crippen molar-refractivity contribution < 1.29 is 24.2 Å². The zero-order valence-electron chi connectivity index (χ0n) is 22.6. The molecule has 0 aromatic heterocycles. The van der Waals surface area contributed by atoms with Gasteiger partial charge in [0.05, 0.1) is 42.7 Å². The number of likely N-dealkylation sites (tertiary alicyclic amines) is 1. The lowest BCUT2D eigenvalue weighted by atomic mass is 9.87. The van der Waals surface area contributed by atoms with Crippen molar-refractivity contribution in [2.45, 2.75) is 90.7 Å². The van der Waals surface area contributed by atoms with Gasteiger partial charge in [-0.2, -0.15) is 0 Å². The van der Waals surface area contributed by atoms with Gasteiger partial charge in [-0.05, 0) is 37.2 Å². The topological polar surface area (TPSA) is 88.1 Å². The monoisotopic (exact) mass is 490 g/mol. The van der Waals surface area contributed by atoms with Crippen molar-refractivity contribution in [3.05, 3.63) is 35.9 Å². The lowest BCUT2D eigenvalue weighted by Gasteiger charge is -2.36. The van der Waals surface area contributed by atoms with Crippen molar-refractivity contribution in [2.75, 3.05) is 20.8 Å². The number of nitrogens with zero attached hydrogens (tertiary/aromatic N) is 1. The van der Waals surface area contributed by atoms with Gasteiger partial charge in [0.15, 0.2) is 0 Å². The van der Waals surface area contributed by atoms with Crippen LogP contribution in [0.25, 0.3) is 0 Å². The summed E-state index contributed by atoms with van der Waals surface area (Å²) in [6.45, 7) is 10.8. The molecule has 0 aliphatic carbocycles. The van der Waals surface area contributed by atoms with E-state index < -0.39 is 24.2 Å². The molecule has 8 atom stereocenters. The van der Waals surface area contributed by atoms with Gasteiger partial charge in [0.1, 0.15) is 0 Å². The second-order valence-electron chi connectivity index (χ2n) is 10.2. The van der Waals surface area contributed by atoms with Crippen molar-refractivity contribution in [2.24, 2.45) is 17.8 Å². The molecular weight excluding hydrogens is 444 g/mol. The van der Waals surface area contributed by atoms with E-state index in [9.17, 15) is 14.7 Å². The summed E-state index contributed by atoms with van der Waals surface area (Å²) in [6.07, 6.45) is 1.66. The first-order valence-electron chi connectivity index (χ1n) is 13.0. The van der Waals surface area contributed by atoms with Crippen molar-refractivity contribution >= 4 is 11.8 Å². The maximum atomic E-state index is 13.3. The SMILES string of the molecule is CC[C@H](C)C(C)[C@@H](CC(=O)N1CCC[C@H]1[C@H](OC)[C@@H](C)C(=O)N[C@H](C)[C@@H](O)c1ccccc1)OC. The van der Waals surface area contributed by atoms with E-state index in [1.54, 1.807) is 21.1 Å². The van der Waals surface area contributed by atoms with Crippen LogP contribution in [-0.2, 0) is 19.1 Å². The summed E-state index contributed by atoms with van der Waals surface area (Å²) in [5.41, 5.74) is 0.753. The molecule has 1 fully saturated rings. The quantitative estimate of drug-likeness (QED) is 0.437. The number of aliphatic hydroxyl groups excluding tert-OH is 1. The molecule has 35 heavy (non-hydrogen) atoms. The first kappa shape index (κ1) is 29.3. The van der Waals surface area contributed by atoms with E-state index in [0.29, 0.717) is 18.9 Å². The molecule has 7 nitrogen and oxygen atoms in total. The summed E-state index contributed by atoms with van der Waals surface area (Å²) >= 11 is 0. The Labute approximate surface area is 211 Å². The number of aliphatic hydroxyl groups is 1. The van der Waals surface area contributed by atoms with Gasteiger partial charge >= 0.3 is 0 Å². The number of hydrogen-bond acceptors (Lipinski definition) is 5. The maximum absolute atomic E-state index is 13.3. The Morgan fingerprint density at radius 2 is 1.77 bits per heavy atom. The van der Waals surface area contributed by atoms with Gasteiger partial charge in [-0.1, -0.05) is 64.4 Å². The number of rotatable bonds is 13. The standard InChI is InChI=1S/C28H46N2O5/c1-8-18(2)19(3)24(34-6)17-25(31)30-16-12-15-23(30)27(35-7)20(4)28(33)29-21(5)26(32)22-13-10-9-11-14-22/h9-11,13-14,18-21,23-24,26-27,32H,8,12,15-17H2,1-7H3,(H,29,33)/t18-,19?,20+,21+,23-,24+,26+,27+/m0/s1. The average molecular weight is 491 g/mol. The van der Waals surface area contributed by atoms with Crippen LogP contribution in [0.15, 0.2) is 30.3 Å². The second-order valence-corrected chi connectivity index (χ2v) is 10.2. The Morgan fingerprint density at radius 3 is 2.34 bits per heavy atom. The van der Waals surface area contributed by atoms with Gasteiger partial charge in [0, 0.05) is 20.8 Å². The van der Waals surface area contributed by atoms with E-state index >= 15 is 0 Å². The van der Waals surface area contributed by atoms with Gasteiger partial charge in [-0.15, -0.1) is 0 Å². The largest absolute Gasteiger partial charge is 0.386 e. The Kier molecular flexibility index (Phi) is 11.7. The number of carbonyl (C=O) groups excluding carboxylic acids is 2. The maximum Gasteiger partial charge on any atom is 0.225 e. The number of methoxy groups -OCH3 is 2. The fraction of sp³-hybridized carbons (Fsp3) is 0.714. The first-order chi connectivity index (χ1) is 16.7. The highest BCUT2D eigenvalue weighted by molar-refractivity contribution is 5.80. The zero-order valence-corrected chi connectivity index (χ0v) is 22.6. The molecule has 0 spiro atoms. The van der Waals surface area contributed by atoms with Crippen molar-refractivity contribution in [3.63, 3.8) is 0 Å². The number of carbonyl (C=O) groups is 2. The number of amides is 2. The third-order valence-corrected chi connectivity index (χ3v) is 7.97. The van der Waals surface area contributed by atoms with Crippen LogP contribution in [0.4, 0.5) is 0 Å². The molecule has 0 bridgehead atoms. The van der Waals surface area contributed by atoms with Crippen LogP contribution in [0, 0.1) is 17.8 Å². The van der Waals surface area contributed by atoms with Crippen molar-refractivity contribution in [1.82, 2.24) is 10.2 Å². The van der Waals surface area contributed by atoms with Crippen LogP contribution >= 0.6 is 0 Å². The minimum Gasteiger partial charge on any atom is -0.386 e. The molecule has 2 amide bonds. The number of nitrogens with one attached hydrogen (secondary N) is 1. The number of ether oxygens (including phenoxy) is 2. The molecule has 0 saturated carbocycles. The van der Waals surface area contributed by atoms with Gasteiger partial charge in [-0.3, -0.25) is 9.59 Å². The molecule has 1 aromatic carbocycles. The molecule has 2 N–H and O–H groups in total. The summed E-state index contributed by atoms with van der Waals surface area (Å²) < 4.78 is 11.5. The minimum atomic E-state index is -0.809. The van der Waals surface area contributed by atoms with Gasteiger partial charge < -0.3 is 24.8 Å². The molecule has 1 saturated heterocycles. The van der Waals surface area contributed by atoms with Crippen LogP contribution in [0.2, 0.25) is 0 Å². The van der Waals surface area contributed by atoms with Crippen LogP contribution in [0.1, 0.15) is 72.0 Å². The summed E-state index contributed by atoms with van der Waals surface area (Å²) in [4.78, 5) is 28.3. The molecular formula is C28H46N2O5. The predicted octanol–water partition coefficient (Wildman–Crippen LogP) is 3.95. The molecule has 0 radical (unpaired) electrons. The predicted molar refractivity (Wildman–Crippen MR) is 138 cm³/mol. The Hall–Kier alpha value is -1.96. The summed E-state index contributed by atoms with van der Waals surface area (Å²) in [5, 5.41) is 13.6. The van der Waals surface area contributed by atoms with Gasteiger partial charge in [-0.25, -0.2) is 0 Å². The second kappa shape index (κ2) is 14.0. The molecule has 7 heteroatoms. The van der Waals surface area contributed by atoms with Crippen LogP contribution < -0.4 is 5.32 Å². The summed E-state index contributed by atoms with van der Waals surface area (Å²) in [7, 11) is 3.27. The van der Waals surface area contributed by atoms with E-state index in [0.717, 1.165) is 24.8 Å². The van der Waals surface area contributed by atoms with E-state index in [-0.39, 0.29) is 29.9 Å². The Morgan fingerprint density at radius 1 is 1.11 bits per heavy atom. The Bertz CT molecular complexity index is 789. The van der Waals surface area contributed by atoms with Gasteiger partial charge in [0.2, 0.25) is 11.8 Å². The van der Waals surface area contributed by atoms with Crippen molar-refractivity contribution in [1.29, 1.82) is 0 Å². The molecule has 1 aliphatic heterocycles. The van der Waals surface area contributed by atoms with E-state index in [4.69, 9.17) is 9.47 Å². The fourth-order valence-electron chi connectivity index (χ4n) is 5.17. The molecule has 1 unspecified atom stereocenters. The number of benzene rings is 1. The zero-order chi connectivity index (χ0) is 26.1. The van der Waals surface area contributed by atoms with Crippen LogP contribution in [0.3, 0.4) is 0 Å². The van der Waals surface area contributed by atoms with Crippen molar-refractivity contribution in [3.8, 4) is 0 Å². The van der Waals surface area contributed by atoms with Gasteiger partial charge in [0.25, 0.3) is 0 Å². The molecule has 198 valence electrons. The number of hydrogen-bond donors (Lipinski definition) is 2. The van der Waals surface area contributed by atoms with E-state index in [1.807, 2.05) is 42.2 Å². The lowest BCUT2D eigenvalue weighted by Crippen LogP contribution is -2.51. The fourth-order valence-corrected chi connectivity index (χ4v) is 5.17. The van der Waals surface area contributed by atoms with Crippen LogP contribution in [-0.4, -0.2) is 66.9 Å². The average Bonchev–Trinajstić information content (AvgIpc) is 3.36. The molecule has 1 aromatic rings. The molecule has 2 rings (SSSR count). The third kappa shape index (κ3) is 7.51. The highest BCUT2D eigenvalue weighted by atomic mass is 16.5. The minimum absolute atomic E-state index is 0.0528. The first-order valence-corrected chi connectivity index (χ1v) is 13.0. The highest BCUT2D eigenvalue weighted by Crippen LogP contribution is 2.29. The van der Waals surface area contributed by atoms with E-state index in [1.165, 1.54) is 0 Å². The summed E-state index contributed by atoms with van der Waals surface area (Å²) in [5.74, 6) is 0.109. The van der Waals surface area contributed by atoms with E-state index in [2.05, 4.69) is 26.1 Å². The smallest absolute Gasteiger partial charge is 0.225 e. The van der Waals surface area contributed by atoms with Crippen LogP contribution in [0.5, 0.6) is 0 Å². The Balaban J connectivity index is 2.05. The molecule has 1 aliphatic rings. The normalized spacial score (nSPS) is 22.1. The summed E-state index contributed by atoms with van der Waals surface area (Å²) in [6, 6.07) is 8.66. The lowest BCUT2D eigenvalue weighted by molar-refractivity contribution is -0.143. The molecule has 1 heterocycles. The highest BCUT2D eigenvalue weighted by Gasteiger charge is 2.41. The third-order valence-electron chi connectivity index (χ3n) is 7.97.